The summed E-state index contributed by atoms with van der Waals surface area (Å²) in [5, 5.41) is -0.0886. The summed E-state index contributed by atoms with van der Waals surface area (Å²) in [5.74, 6) is 0.247. The monoisotopic (exact) mass is 395 g/mol. The minimum absolute atomic E-state index is 0.0886. The number of benzene rings is 1. The Balaban J connectivity index is 1.76. The van der Waals surface area contributed by atoms with Crippen molar-refractivity contribution in [3.8, 4) is 11.5 Å². The SMILES string of the molecule is CCOC(=O)C1=CC2(CCC1SNc1ccc(OC)cc1OC)OCCO2. The van der Waals surface area contributed by atoms with Gasteiger partial charge in [-0.05, 0) is 43.5 Å². The van der Waals surface area contributed by atoms with Crippen LogP contribution >= 0.6 is 11.9 Å². The van der Waals surface area contributed by atoms with Crippen LogP contribution in [0.3, 0.4) is 0 Å². The standard InChI is InChI=1S/C19H25NO6S/c1-4-24-18(21)14-12-19(25-9-10-26-19)8-7-17(14)27-20-15-6-5-13(22-2)11-16(15)23-3/h5-6,11-12,17,20H,4,7-10H2,1-3H3. The van der Waals surface area contributed by atoms with E-state index in [9.17, 15) is 4.79 Å². The third-order valence-electron chi connectivity index (χ3n) is 4.48. The van der Waals surface area contributed by atoms with Gasteiger partial charge in [-0.3, -0.25) is 0 Å². The predicted molar refractivity (Wildman–Crippen MR) is 103 cm³/mol. The van der Waals surface area contributed by atoms with Crippen LogP contribution < -0.4 is 14.2 Å². The number of esters is 1. The molecule has 1 spiro atoms. The van der Waals surface area contributed by atoms with Gasteiger partial charge in [0.05, 0.1) is 50.6 Å². The van der Waals surface area contributed by atoms with Crippen molar-refractivity contribution in [2.75, 3.05) is 38.8 Å². The highest BCUT2D eigenvalue weighted by Crippen LogP contribution is 2.40. The Hall–Kier alpha value is -1.90. The van der Waals surface area contributed by atoms with Crippen LogP contribution in [0.5, 0.6) is 11.5 Å². The van der Waals surface area contributed by atoms with E-state index in [1.807, 2.05) is 12.1 Å². The third kappa shape index (κ3) is 4.51. The van der Waals surface area contributed by atoms with E-state index in [1.54, 1.807) is 33.3 Å². The average molecular weight is 395 g/mol. The maximum absolute atomic E-state index is 12.5. The fraction of sp³-hybridized carbons (Fsp3) is 0.526. The Kier molecular flexibility index (Phi) is 6.51. The van der Waals surface area contributed by atoms with E-state index in [0.29, 0.717) is 43.3 Å². The van der Waals surface area contributed by atoms with Gasteiger partial charge in [-0.25, -0.2) is 4.79 Å². The number of hydrogen-bond donors (Lipinski definition) is 1. The molecular formula is C19H25NO6S. The molecular weight excluding hydrogens is 370 g/mol. The van der Waals surface area contributed by atoms with Crippen LogP contribution in [-0.4, -0.2) is 51.0 Å². The Morgan fingerprint density at radius 2 is 2.07 bits per heavy atom. The summed E-state index contributed by atoms with van der Waals surface area (Å²) in [6.07, 6.45) is 3.20. The molecule has 0 saturated carbocycles. The zero-order chi connectivity index (χ0) is 19.3. The van der Waals surface area contributed by atoms with Crippen LogP contribution in [0.4, 0.5) is 5.69 Å². The summed E-state index contributed by atoms with van der Waals surface area (Å²) in [5.41, 5.74) is 1.37. The number of rotatable bonds is 7. The highest BCUT2D eigenvalue weighted by molar-refractivity contribution is 8.01. The molecule has 1 aromatic rings. The van der Waals surface area contributed by atoms with Gasteiger partial charge < -0.3 is 28.4 Å². The fourth-order valence-corrected chi connectivity index (χ4v) is 4.10. The maximum Gasteiger partial charge on any atom is 0.335 e. The molecule has 1 aliphatic heterocycles. The minimum Gasteiger partial charge on any atom is -0.497 e. The van der Waals surface area contributed by atoms with E-state index in [2.05, 4.69) is 4.72 Å². The lowest BCUT2D eigenvalue weighted by Gasteiger charge is -2.33. The molecule has 1 aliphatic carbocycles. The van der Waals surface area contributed by atoms with Crippen LogP contribution in [-0.2, 0) is 19.0 Å². The molecule has 1 fully saturated rings. The lowest BCUT2D eigenvalue weighted by Crippen LogP contribution is -2.36. The topological polar surface area (TPSA) is 75.3 Å². The number of hydrogen-bond acceptors (Lipinski definition) is 8. The van der Waals surface area contributed by atoms with Crippen molar-refractivity contribution in [2.45, 2.75) is 30.8 Å². The number of nitrogens with one attached hydrogen (secondary N) is 1. The molecule has 1 atom stereocenters. The molecule has 1 unspecified atom stereocenters. The minimum atomic E-state index is -0.795. The molecule has 27 heavy (non-hydrogen) atoms. The van der Waals surface area contributed by atoms with Crippen molar-refractivity contribution in [1.29, 1.82) is 0 Å². The van der Waals surface area contributed by atoms with Crippen molar-refractivity contribution in [2.24, 2.45) is 0 Å². The lowest BCUT2D eigenvalue weighted by atomic mass is 9.94. The van der Waals surface area contributed by atoms with Gasteiger partial charge in [0.2, 0.25) is 0 Å². The van der Waals surface area contributed by atoms with Gasteiger partial charge in [0.25, 0.3) is 0 Å². The number of carbonyl (C=O) groups is 1. The molecule has 0 bridgehead atoms. The second-order valence-corrected chi connectivity index (χ2v) is 7.15. The fourth-order valence-electron chi connectivity index (χ4n) is 3.13. The molecule has 0 aromatic heterocycles. The van der Waals surface area contributed by atoms with Gasteiger partial charge in [0.1, 0.15) is 11.5 Å². The van der Waals surface area contributed by atoms with E-state index < -0.39 is 5.79 Å². The highest BCUT2D eigenvalue weighted by atomic mass is 32.2. The molecule has 3 rings (SSSR count). The van der Waals surface area contributed by atoms with Gasteiger partial charge in [-0.1, -0.05) is 0 Å². The number of anilines is 1. The van der Waals surface area contributed by atoms with Gasteiger partial charge in [0.15, 0.2) is 5.79 Å². The van der Waals surface area contributed by atoms with Crippen LogP contribution in [0.15, 0.2) is 29.8 Å². The van der Waals surface area contributed by atoms with Crippen LogP contribution in [0, 0.1) is 0 Å². The van der Waals surface area contributed by atoms with Gasteiger partial charge in [0, 0.05) is 12.5 Å². The van der Waals surface area contributed by atoms with Gasteiger partial charge >= 0.3 is 5.97 Å². The molecule has 2 aliphatic rings. The van der Waals surface area contributed by atoms with Gasteiger partial charge in [-0.15, -0.1) is 0 Å². The van der Waals surface area contributed by atoms with Crippen molar-refractivity contribution in [3.05, 3.63) is 29.8 Å². The normalized spacial score (nSPS) is 20.9. The summed E-state index contributed by atoms with van der Waals surface area (Å²) in [6.45, 7) is 3.18. The molecule has 1 N–H and O–H groups in total. The Morgan fingerprint density at radius 3 is 2.74 bits per heavy atom. The van der Waals surface area contributed by atoms with Crippen LogP contribution in [0.25, 0.3) is 0 Å². The van der Waals surface area contributed by atoms with Gasteiger partial charge in [-0.2, -0.15) is 0 Å². The Morgan fingerprint density at radius 1 is 1.30 bits per heavy atom. The van der Waals surface area contributed by atoms with E-state index in [-0.39, 0.29) is 11.2 Å². The van der Waals surface area contributed by atoms with E-state index in [4.69, 9.17) is 23.7 Å². The molecule has 7 nitrogen and oxygen atoms in total. The first-order valence-electron chi connectivity index (χ1n) is 8.92. The molecule has 1 heterocycles. The first-order chi connectivity index (χ1) is 13.1. The second-order valence-electron chi connectivity index (χ2n) is 6.14. The molecule has 1 saturated heterocycles. The van der Waals surface area contributed by atoms with Crippen LogP contribution in [0.2, 0.25) is 0 Å². The van der Waals surface area contributed by atoms with Crippen molar-refractivity contribution < 1.29 is 28.5 Å². The van der Waals surface area contributed by atoms with E-state index in [0.717, 1.165) is 12.1 Å². The molecule has 1 aromatic carbocycles. The average Bonchev–Trinajstić information content (AvgIpc) is 3.15. The number of methoxy groups -OCH3 is 2. The molecule has 0 radical (unpaired) electrons. The van der Waals surface area contributed by atoms with Crippen LogP contribution in [0.1, 0.15) is 19.8 Å². The molecule has 148 valence electrons. The van der Waals surface area contributed by atoms with Crippen molar-refractivity contribution in [3.63, 3.8) is 0 Å². The summed E-state index contributed by atoms with van der Waals surface area (Å²) in [4.78, 5) is 12.5. The van der Waals surface area contributed by atoms with Crippen molar-refractivity contribution >= 4 is 23.6 Å². The van der Waals surface area contributed by atoms with E-state index in [1.165, 1.54) is 11.9 Å². The van der Waals surface area contributed by atoms with Crippen molar-refractivity contribution in [1.82, 2.24) is 0 Å². The highest BCUT2D eigenvalue weighted by Gasteiger charge is 2.42. The first kappa shape index (κ1) is 19.9. The summed E-state index contributed by atoms with van der Waals surface area (Å²) in [7, 11) is 3.21. The first-order valence-corrected chi connectivity index (χ1v) is 9.80. The Labute approximate surface area is 163 Å². The molecule has 8 heteroatoms. The zero-order valence-corrected chi connectivity index (χ0v) is 16.6. The molecule has 0 amide bonds. The third-order valence-corrected chi connectivity index (χ3v) is 5.60. The maximum atomic E-state index is 12.5. The van der Waals surface area contributed by atoms with E-state index >= 15 is 0 Å². The zero-order valence-electron chi connectivity index (χ0n) is 15.8. The smallest absolute Gasteiger partial charge is 0.335 e. The summed E-state index contributed by atoms with van der Waals surface area (Å²) in [6, 6.07) is 5.54. The summed E-state index contributed by atoms with van der Waals surface area (Å²) < 4.78 is 30.7. The lowest BCUT2D eigenvalue weighted by molar-refractivity contribution is -0.142. The Bertz CT molecular complexity index is 701. The second kappa shape index (κ2) is 8.86. The quantitative estimate of drug-likeness (QED) is 0.557. The summed E-state index contributed by atoms with van der Waals surface area (Å²) >= 11 is 1.45. The number of ether oxygens (including phenoxy) is 5. The number of carbonyl (C=O) groups excluding carboxylic acids is 1. The largest absolute Gasteiger partial charge is 0.497 e. The predicted octanol–water partition coefficient (Wildman–Crippen LogP) is 3.16.